The Morgan fingerprint density at radius 2 is 2.04 bits per heavy atom. The van der Waals surface area contributed by atoms with Crippen LogP contribution in [0, 0.1) is 5.41 Å². The van der Waals surface area contributed by atoms with Gasteiger partial charge in [-0.3, -0.25) is 9.69 Å². The van der Waals surface area contributed by atoms with Crippen LogP contribution in [0.15, 0.2) is 11.8 Å². The lowest BCUT2D eigenvalue weighted by molar-refractivity contribution is -0.129. The molecule has 2 atom stereocenters. The molecule has 6 nitrogen and oxygen atoms in total. The molecule has 0 aliphatic carbocycles. The number of piperidine rings is 1. The quantitative estimate of drug-likeness (QED) is 0.761. The van der Waals surface area contributed by atoms with Crippen molar-refractivity contribution >= 4 is 12.0 Å². The third-order valence-corrected chi connectivity index (χ3v) is 7.06. The topological polar surface area (TPSA) is 53.1 Å². The molecule has 3 fully saturated rings. The molecule has 0 aromatic rings. The summed E-state index contributed by atoms with van der Waals surface area (Å²) in [5, 5.41) is 0. The van der Waals surface area contributed by atoms with Crippen LogP contribution in [0.1, 0.15) is 59.3 Å². The first-order valence-electron chi connectivity index (χ1n) is 10.6. The van der Waals surface area contributed by atoms with Crippen molar-refractivity contribution in [3.8, 4) is 0 Å². The van der Waals surface area contributed by atoms with Gasteiger partial charge in [0.15, 0.2) is 0 Å². The Bertz CT molecular complexity index is 637. The lowest BCUT2D eigenvalue weighted by Gasteiger charge is -2.43. The normalized spacial score (nSPS) is 29.7. The zero-order chi connectivity index (χ0) is 19.2. The minimum Gasteiger partial charge on any atom is -0.450 e. The van der Waals surface area contributed by atoms with Gasteiger partial charge in [0.2, 0.25) is 5.91 Å². The van der Waals surface area contributed by atoms with E-state index in [2.05, 4.69) is 29.7 Å². The van der Waals surface area contributed by atoms with Gasteiger partial charge in [0.25, 0.3) is 0 Å². The second-order valence-electron chi connectivity index (χ2n) is 9.05. The molecule has 0 aromatic heterocycles. The summed E-state index contributed by atoms with van der Waals surface area (Å²) in [6.07, 6.45) is 8.11. The molecule has 0 aromatic carbocycles. The molecule has 150 valence electrons. The van der Waals surface area contributed by atoms with E-state index in [1.807, 2.05) is 11.8 Å². The molecule has 4 heterocycles. The predicted octanol–water partition coefficient (Wildman–Crippen LogP) is 2.99. The predicted molar refractivity (Wildman–Crippen MR) is 103 cm³/mol. The minimum atomic E-state index is -0.156. The minimum absolute atomic E-state index is 0.156. The Kier molecular flexibility index (Phi) is 4.85. The van der Waals surface area contributed by atoms with Gasteiger partial charge in [-0.05, 0) is 52.5 Å². The van der Waals surface area contributed by atoms with Crippen molar-refractivity contribution in [1.82, 2.24) is 14.7 Å². The molecule has 6 heteroatoms. The van der Waals surface area contributed by atoms with Crippen LogP contribution in [-0.2, 0) is 9.53 Å². The molecule has 2 bridgehead atoms. The van der Waals surface area contributed by atoms with Crippen LogP contribution in [0.25, 0.3) is 0 Å². The zero-order valence-corrected chi connectivity index (χ0v) is 16.9. The Labute approximate surface area is 162 Å². The van der Waals surface area contributed by atoms with Crippen molar-refractivity contribution in [2.24, 2.45) is 5.41 Å². The van der Waals surface area contributed by atoms with Gasteiger partial charge in [-0.25, -0.2) is 4.79 Å². The van der Waals surface area contributed by atoms with E-state index in [4.69, 9.17) is 4.74 Å². The van der Waals surface area contributed by atoms with Crippen LogP contribution >= 0.6 is 0 Å². The van der Waals surface area contributed by atoms with Crippen molar-refractivity contribution in [3.05, 3.63) is 11.8 Å². The van der Waals surface area contributed by atoms with Gasteiger partial charge in [0.1, 0.15) is 0 Å². The molecular weight excluding hydrogens is 342 g/mol. The molecule has 4 rings (SSSR count). The number of fused-ring (bicyclic) bond motifs is 2. The third-order valence-electron chi connectivity index (χ3n) is 7.06. The Hall–Kier alpha value is -1.72. The summed E-state index contributed by atoms with van der Waals surface area (Å²) in [6, 6.07) is 0.785. The molecule has 4 aliphatic rings. The van der Waals surface area contributed by atoms with Crippen molar-refractivity contribution in [1.29, 1.82) is 0 Å². The van der Waals surface area contributed by atoms with Gasteiger partial charge in [0, 0.05) is 55.7 Å². The molecule has 3 saturated heterocycles. The second-order valence-corrected chi connectivity index (χ2v) is 9.05. The highest BCUT2D eigenvalue weighted by atomic mass is 16.6. The molecule has 2 amide bonds. The number of carbonyl (C=O) groups is 2. The number of likely N-dealkylation sites (tertiary alicyclic amines) is 2. The van der Waals surface area contributed by atoms with E-state index in [1.165, 1.54) is 5.70 Å². The van der Waals surface area contributed by atoms with Gasteiger partial charge in [0.05, 0.1) is 12.6 Å². The maximum atomic E-state index is 12.4. The summed E-state index contributed by atoms with van der Waals surface area (Å²) in [7, 11) is 0. The molecule has 0 saturated carbocycles. The number of nitrogens with zero attached hydrogens (tertiary/aromatic N) is 3. The number of ether oxygens (including phenoxy) is 1. The summed E-state index contributed by atoms with van der Waals surface area (Å²) < 4.78 is 5.25. The van der Waals surface area contributed by atoms with Crippen LogP contribution in [-0.4, -0.2) is 71.1 Å². The summed E-state index contributed by atoms with van der Waals surface area (Å²) >= 11 is 0. The van der Waals surface area contributed by atoms with Crippen molar-refractivity contribution in [2.75, 3.05) is 26.2 Å². The average Bonchev–Trinajstić information content (AvgIpc) is 3.09. The highest BCUT2D eigenvalue weighted by Gasteiger charge is 2.47. The van der Waals surface area contributed by atoms with Gasteiger partial charge in [-0.15, -0.1) is 0 Å². The summed E-state index contributed by atoms with van der Waals surface area (Å²) in [5.74, 6) is 0.332. The number of rotatable bonds is 3. The van der Waals surface area contributed by atoms with Gasteiger partial charge in [-0.1, -0.05) is 0 Å². The van der Waals surface area contributed by atoms with Crippen LogP contribution in [0.3, 0.4) is 0 Å². The zero-order valence-electron chi connectivity index (χ0n) is 16.9. The van der Waals surface area contributed by atoms with Gasteiger partial charge < -0.3 is 14.5 Å². The fraction of sp³-hybridized carbons (Fsp3) is 0.810. The lowest BCUT2D eigenvalue weighted by Crippen LogP contribution is -2.47. The van der Waals surface area contributed by atoms with E-state index in [1.54, 1.807) is 0 Å². The number of carbonyl (C=O) groups excluding carboxylic acids is 2. The van der Waals surface area contributed by atoms with E-state index in [0.717, 1.165) is 58.2 Å². The Morgan fingerprint density at radius 1 is 1.30 bits per heavy atom. The molecule has 1 spiro atoms. The van der Waals surface area contributed by atoms with Crippen molar-refractivity contribution in [2.45, 2.75) is 77.4 Å². The van der Waals surface area contributed by atoms with E-state index in [-0.39, 0.29) is 23.6 Å². The monoisotopic (exact) mass is 375 g/mol. The van der Waals surface area contributed by atoms with Crippen molar-refractivity contribution in [3.63, 3.8) is 0 Å². The molecular formula is C21H33N3O3. The molecule has 27 heavy (non-hydrogen) atoms. The first kappa shape index (κ1) is 18.6. The Morgan fingerprint density at radius 3 is 2.63 bits per heavy atom. The highest BCUT2D eigenvalue weighted by molar-refractivity contribution is 5.79. The summed E-state index contributed by atoms with van der Waals surface area (Å²) in [4.78, 5) is 31.2. The van der Waals surface area contributed by atoms with Crippen LogP contribution < -0.4 is 0 Å². The van der Waals surface area contributed by atoms with Gasteiger partial charge in [-0.2, -0.15) is 0 Å². The fourth-order valence-corrected chi connectivity index (χ4v) is 5.53. The van der Waals surface area contributed by atoms with E-state index >= 15 is 0 Å². The summed E-state index contributed by atoms with van der Waals surface area (Å²) in [5.41, 5.74) is 1.59. The third kappa shape index (κ3) is 3.32. The maximum absolute atomic E-state index is 12.4. The highest BCUT2D eigenvalue weighted by Crippen LogP contribution is 2.44. The standard InChI is InChI=1S/C21H33N3O3/c1-4-27-20(26)24-16-5-6-17(24)12-18(11-16)22-9-7-21(8-10-22)13-19(25)23(14-21)15(2)3/h11,15-17H,4-10,12-14H2,1-3H3. The second kappa shape index (κ2) is 7.02. The number of hydrogen-bond acceptors (Lipinski definition) is 4. The molecule has 2 unspecified atom stereocenters. The van der Waals surface area contributed by atoms with Crippen LogP contribution in [0.5, 0.6) is 0 Å². The van der Waals surface area contributed by atoms with E-state index in [9.17, 15) is 9.59 Å². The fourth-order valence-electron chi connectivity index (χ4n) is 5.53. The smallest absolute Gasteiger partial charge is 0.410 e. The average molecular weight is 376 g/mol. The largest absolute Gasteiger partial charge is 0.450 e. The molecule has 4 aliphatic heterocycles. The van der Waals surface area contributed by atoms with Gasteiger partial charge >= 0.3 is 6.09 Å². The van der Waals surface area contributed by atoms with E-state index in [0.29, 0.717) is 18.6 Å². The SMILES string of the molecule is CCOC(=O)N1C2C=C(N3CCC4(CC3)CC(=O)N(C(C)C)C4)CC1CC2. The molecule has 0 N–H and O–H groups in total. The van der Waals surface area contributed by atoms with Crippen molar-refractivity contribution < 1.29 is 14.3 Å². The number of amides is 2. The first-order chi connectivity index (χ1) is 12.9. The van der Waals surface area contributed by atoms with E-state index < -0.39 is 0 Å². The lowest BCUT2D eigenvalue weighted by atomic mass is 9.77. The number of hydrogen-bond donors (Lipinski definition) is 0. The maximum Gasteiger partial charge on any atom is 0.410 e. The molecule has 0 radical (unpaired) electrons. The van der Waals surface area contributed by atoms with Crippen LogP contribution in [0.2, 0.25) is 0 Å². The Balaban J connectivity index is 1.39. The summed E-state index contributed by atoms with van der Waals surface area (Å²) in [6.45, 7) is 9.52. The van der Waals surface area contributed by atoms with Crippen LogP contribution in [0.4, 0.5) is 4.79 Å². The first-order valence-corrected chi connectivity index (χ1v) is 10.6.